The summed E-state index contributed by atoms with van der Waals surface area (Å²) in [5.41, 5.74) is 11.5. The number of hydrogen-bond acceptors (Lipinski definition) is 1. The van der Waals surface area contributed by atoms with Crippen molar-refractivity contribution in [2.24, 2.45) is 5.73 Å². The predicted octanol–water partition coefficient (Wildman–Crippen LogP) is 3.41. The van der Waals surface area contributed by atoms with E-state index in [1.807, 2.05) is 0 Å². The molecule has 0 aromatic heterocycles. The van der Waals surface area contributed by atoms with E-state index in [0.717, 1.165) is 12.8 Å². The molecule has 0 bridgehead atoms. The lowest BCUT2D eigenvalue weighted by molar-refractivity contribution is 0.631. The average Bonchev–Trinajstić information content (AvgIpc) is 2.01. The number of hydrogen-bond donors (Lipinski definition) is 1. The maximum atomic E-state index is 6.16. The summed E-state index contributed by atoms with van der Waals surface area (Å²) in [6.07, 6.45) is 2.22. The molecule has 0 heterocycles. The van der Waals surface area contributed by atoms with Crippen molar-refractivity contribution in [2.75, 3.05) is 0 Å². The molecule has 1 unspecified atom stereocenters. The van der Waals surface area contributed by atoms with Crippen molar-refractivity contribution in [2.45, 2.75) is 46.6 Å². The molecule has 0 spiro atoms. The van der Waals surface area contributed by atoms with Gasteiger partial charge in [-0.15, -0.1) is 0 Å². The maximum absolute atomic E-state index is 6.16. The van der Waals surface area contributed by atoms with Crippen LogP contribution in [0.3, 0.4) is 0 Å². The van der Waals surface area contributed by atoms with Gasteiger partial charge in [0.25, 0.3) is 0 Å². The molecule has 0 aliphatic carbocycles. The Morgan fingerprint density at radius 3 is 2.07 bits per heavy atom. The van der Waals surface area contributed by atoms with Crippen molar-refractivity contribution in [3.05, 3.63) is 34.4 Å². The van der Waals surface area contributed by atoms with Gasteiger partial charge in [-0.25, -0.2) is 0 Å². The molecule has 1 nitrogen and oxygen atoms in total. The summed E-state index contributed by atoms with van der Waals surface area (Å²) < 4.78 is 0. The fourth-order valence-corrected chi connectivity index (χ4v) is 2.23. The second-order valence-electron chi connectivity index (χ2n) is 4.21. The van der Waals surface area contributed by atoms with E-state index >= 15 is 0 Å². The van der Waals surface area contributed by atoms with Gasteiger partial charge in [-0.1, -0.05) is 31.0 Å². The molecular weight excluding hydrogens is 170 g/mol. The SMILES string of the molecule is CCCC(N)c1c(C)cc(C)cc1C. The number of rotatable bonds is 3. The lowest BCUT2D eigenvalue weighted by Gasteiger charge is -2.17. The quantitative estimate of drug-likeness (QED) is 0.778. The number of aryl methyl sites for hydroxylation is 3. The van der Waals surface area contributed by atoms with Gasteiger partial charge in [0.15, 0.2) is 0 Å². The first-order valence-electron chi connectivity index (χ1n) is 5.39. The van der Waals surface area contributed by atoms with Crippen LogP contribution >= 0.6 is 0 Å². The molecule has 0 saturated carbocycles. The van der Waals surface area contributed by atoms with Crippen molar-refractivity contribution in [3.8, 4) is 0 Å². The highest BCUT2D eigenvalue weighted by molar-refractivity contribution is 5.39. The molecule has 1 aromatic carbocycles. The van der Waals surface area contributed by atoms with Crippen LogP contribution in [0.2, 0.25) is 0 Å². The lowest BCUT2D eigenvalue weighted by atomic mass is 9.92. The van der Waals surface area contributed by atoms with Gasteiger partial charge in [-0.2, -0.15) is 0 Å². The van der Waals surface area contributed by atoms with E-state index in [0.29, 0.717) is 0 Å². The van der Waals surface area contributed by atoms with Gasteiger partial charge in [0, 0.05) is 6.04 Å². The first kappa shape index (κ1) is 11.3. The van der Waals surface area contributed by atoms with E-state index in [-0.39, 0.29) is 6.04 Å². The van der Waals surface area contributed by atoms with Crippen LogP contribution in [0.4, 0.5) is 0 Å². The lowest BCUT2D eigenvalue weighted by Crippen LogP contribution is -2.13. The van der Waals surface area contributed by atoms with Crippen LogP contribution in [0, 0.1) is 20.8 Å². The van der Waals surface area contributed by atoms with Crippen molar-refractivity contribution in [1.29, 1.82) is 0 Å². The Morgan fingerprint density at radius 1 is 1.14 bits per heavy atom. The monoisotopic (exact) mass is 191 g/mol. The van der Waals surface area contributed by atoms with Crippen LogP contribution in [0.25, 0.3) is 0 Å². The van der Waals surface area contributed by atoms with Gasteiger partial charge >= 0.3 is 0 Å². The van der Waals surface area contributed by atoms with Gasteiger partial charge in [-0.3, -0.25) is 0 Å². The van der Waals surface area contributed by atoms with Crippen LogP contribution in [0.1, 0.15) is 48.1 Å². The van der Waals surface area contributed by atoms with E-state index < -0.39 is 0 Å². The van der Waals surface area contributed by atoms with Crippen molar-refractivity contribution < 1.29 is 0 Å². The molecule has 14 heavy (non-hydrogen) atoms. The normalized spacial score (nSPS) is 12.9. The zero-order valence-electron chi connectivity index (χ0n) is 9.72. The molecule has 0 aliphatic heterocycles. The molecule has 1 aromatic rings. The summed E-state index contributed by atoms with van der Waals surface area (Å²) in [6, 6.07) is 4.65. The van der Waals surface area contributed by atoms with Crippen molar-refractivity contribution in [1.82, 2.24) is 0 Å². The third-order valence-corrected chi connectivity index (χ3v) is 2.71. The maximum Gasteiger partial charge on any atom is 0.0300 e. The molecule has 0 radical (unpaired) electrons. The Hall–Kier alpha value is -0.820. The summed E-state index contributed by atoms with van der Waals surface area (Å²) in [4.78, 5) is 0. The molecule has 1 heteroatoms. The third kappa shape index (κ3) is 2.36. The van der Waals surface area contributed by atoms with E-state index in [9.17, 15) is 0 Å². The zero-order chi connectivity index (χ0) is 10.7. The average molecular weight is 191 g/mol. The summed E-state index contributed by atoms with van der Waals surface area (Å²) in [7, 11) is 0. The molecule has 2 N–H and O–H groups in total. The minimum atomic E-state index is 0.209. The van der Waals surface area contributed by atoms with E-state index in [4.69, 9.17) is 5.73 Å². The van der Waals surface area contributed by atoms with Crippen molar-refractivity contribution in [3.63, 3.8) is 0 Å². The van der Waals surface area contributed by atoms with Crippen LogP contribution in [-0.4, -0.2) is 0 Å². The smallest absolute Gasteiger partial charge is 0.0300 e. The third-order valence-electron chi connectivity index (χ3n) is 2.71. The van der Waals surface area contributed by atoms with E-state index in [1.54, 1.807) is 0 Å². The highest BCUT2D eigenvalue weighted by Crippen LogP contribution is 2.24. The van der Waals surface area contributed by atoms with Gasteiger partial charge in [0.2, 0.25) is 0 Å². The molecule has 0 amide bonds. The standard InChI is InChI=1S/C13H21N/c1-5-6-12(14)13-10(3)7-9(2)8-11(13)4/h7-8,12H,5-6,14H2,1-4H3. The summed E-state index contributed by atoms with van der Waals surface area (Å²) >= 11 is 0. The molecule has 0 fully saturated rings. The Bertz CT molecular complexity index is 292. The summed E-state index contributed by atoms with van der Waals surface area (Å²) in [5.74, 6) is 0. The van der Waals surface area contributed by atoms with Crippen LogP contribution in [0.5, 0.6) is 0 Å². The molecule has 1 rings (SSSR count). The first-order valence-corrected chi connectivity index (χ1v) is 5.39. The Kier molecular flexibility index (Phi) is 3.70. The van der Waals surface area contributed by atoms with Crippen LogP contribution in [0.15, 0.2) is 12.1 Å². The first-order chi connectivity index (χ1) is 6.56. The topological polar surface area (TPSA) is 26.0 Å². The molecule has 0 aliphatic rings. The highest BCUT2D eigenvalue weighted by Gasteiger charge is 2.10. The molecule has 1 atom stereocenters. The van der Waals surface area contributed by atoms with Crippen LogP contribution < -0.4 is 5.73 Å². The predicted molar refractivity (Wildman–Crippen MR) is 62.5 cm³/mol. The highest BCUT2D eigenvalue weighted by atomic mass is 14.6. The number of nitrogens with two attached hydrogens (primary N) is 1. The fraction of sp³-hybridized carbons (Fsp3) is 0.538. The van der Waals surface area contributed by atoms with Gasteiger partial charge in [0.05, 0.1) is 0 Å². The molecular formula is C13H21N. The Labute approximate surface area is 87.3 Å². The van der Waals surface area contributed by atoms with Gasteiger partial charge in [0.1, 0.15) is 0 Å². The van der Waals surface area contributed by atoms with Gasteiger partial charge in [-0.05, 0) is 43.9 Å². The summed E-state index contributed by atoms with van der Waals surface area (Å²) in [6.45, 7) is 8.63. The van der Waals surface area contributed by atoms with Crippen molar-refractivity contribution >= 4 is 0 Å². The molecule has 78 valence electrons. The van der Waals surface area contributed by atoms with E-state index in [2.05, 4.69) is 39.8 Å². The minimum absolute atomic E-state index is 0.209. The van der Waals surface area contributed by atoms with E-state index in [1.165, 1.54) is 22.3 Å². The second kappa shape index (κ2) is 4.61. The fourth-order valence-electron chi connectivity index (χ4n) is 2.23. The van der Waals surface area contributed by atoms with Crippen LogP contribution in [-0.2, 0) is 0 Å². The summed E-state index contributed by atoms with van der Waals surface area (Å²) in [5, 5.41) is 0. The largest absolute Gasteiger partial charge is 0.324 e. The minimum Gasteiger partial charge on any atom is -0.324 e. The van der Waals surface area contributed by atoms with Gasteiger partial charge < -0.3 is 5.73 Å². The number of benzene rings is 1. The molecule has 0 saturated heterocycles. The second-order valence-corrected chi connectivity index (χ2v) is 4.21. The Morgan fingerprint density at radius 2 is 1.64 bits per heavy atom. The zero-order valence-corrected chi connectivity index (χ0v) is 9.72. The Balaban J connectivity index is 3.07.